The zero-order chi connectivity index (χ0) is 14.5. The molecule has 1 unspecified atom stereocenters. The first kappa shape index (κ1) is 16.2. The first-order chi connectivity index (χ1) is 8.86. The van der Waals surface area contributed by atoms with E-state index in [1.54, 1.807) is 6.07 Å². The lowest BCUT2D eigenvalue weighted by Gasteiger charge is -2.15. The smallest absolute Gasteiger partial charge is 0.208 e. The third kappa shape index (κ3) is 4.96. The molecule has 19 heavy (non-hydrogen) atoms. The van der Waals surface area contributed by atoms with E-state index >= 15 is 0 Å². The van der Waals surface area contributed by atoms with Gasteiger partial charge in [0.15, 0.2) is 0 Å². The van der Waals surface area contributed by atoms with E-state index in [1.807, 2.05) is 32.9 Å². The molecule has 0 bridgehead atoms. The second-order valence-corrected chi connectivity index (χ2v) is 6.97. The Labute approximate surface area is 117 Å². The Balaban J connectivity index is 2.75. The van der Waals surface area contributed by atoms with Crippen LogP contribution in [0.2, 0.25) is 0 Å². The van der Waals surface area contributed by atoms with Gasteiger partial charge in [-0.3, -0.25) is 0 Å². The van der Waals surface area contributed by atoms with E-state index in [-0.39, 0.29) is 6.04 Å². The number of rotatable bonds is 7. The minimum atomic E-state index is -3.39. The highest BCUT2D eigenvalue weighted by Crippen LogP contribution is 2.17. The molecule has 1 N–H and O–H groups in total. The average molecular weight is 283 g/mol. The molecule has 0 aromatic heterocycles. The van der Waals surface area contributed by atoms with Crippen LogP contribution in [0.5, 0.6) is 0 Å². The molecule has 3 nitrogen and oxygen atoms in total. The van der Waals surface area contributed by atoms with Gasteiger partial charge in [-0.15, -0.1) is 0 Å². The van der Waals surface area contributed by atoms with Gasteiger partial charge in [-0.05, 0) is 38.8 Å². The maximum Gasteiger partial charge on any atom is 0.241 e. The van der Waals surface area contributed by atoms with Gasteiger partial charge in [0.1, 0.15) is 0 Å². The van der Waals surface area contributed by atoms with Gasteiger partial charge in [-0.1, -0.05) is 43.9 Å². The van der Waals surface area contributed by atoms with Crippen molar-refractivity contribution < 1.29 is 8.42 Å². The number of hydrogen-bond donors (Lipinski definition) is 1. The van der Waals surface area contributed by atoms with Crippen LogP contribution in [0.4, 0.5) is 0 Å². The van der Waals surface area contributed by atoms with Gasteiger partial charge in [0, 0.05) is 6.04 Å². The van der Waals surface area contributed by atoms with Crippen molar-refractivity contribution in [3.63, 3.8) is 0 Å². The fraction of sp³-hybridized carbons (Fsp3) is 0.600. The predicted molar refractivity (Wildman–Crippen MR) is 79.8 cm³/mol. The van der Waals surface area contributed by atoms with Crippen LogP contribution in [-0.4, -0.2) is 14.5 Å². The number of nitrogens with one attached hydrogen (secondary N) is 1. The molecule has 1 aromatic rings. The topological polar surface area (TPSA) is 46.2 Å². The lowest BCUT2D eigenvalue weighted by Crippen LogP contribution is -2.33. The molecule has 0 fully saturated rings. The molecule has 1 atom stereocenters. The van der Waals surface area contributed by atoms with Crippen LogP contribution in [0.25, 0.3) is 0 Å². The van der Waals surface area contributed by atoms with Gasteiger partial charge in [0.2, 0.25) is 10.0 Å². The minimum absolute atomic E-state index is 0.0164. The normalized spacial score (nSPS) is 13.5. The zero-order valence-corrected chi connectivity index (χ0v) is 13.2. The van der Waals surface area contributed by atoms with Crippen LogP contribution < -0.4 is 4.72 Å². The van der Waals surface area contributed by atoms with Crippen LogP contribution in [0, 0.1) is 13.8 Å². The summed E-state index contributed by atoms with van der Waals surface area (Å²) in [5.74, 6) is 0. The Morgan fingerprint density at radius 2 is 1.89 bits per heavy atom. The second kappa shape index (κ2) is 7.06. The summed E-state index contributed by atoms with van der Waals surface area (Å²) in [5.41, 5.74) is 1.88. The molecule has 0 aliphatic rings. The summed E-state index contributed by atoms with van der Waals surface area (Å²) < 4.78 is 27.4. The molecule has 0 saturated heterocycles. The average Bonchev–Trinajstić information content (AvgIpc) is 2.27. The van der Waals surface area contributed by atoms with Gasteiger partial charge in [-0.25, -0.2) is 13.1 Å². The summed E-state index contributed by atoms with van der Waals surface area (Å²) >= 11 is 0. The fourth-order valence-corrected chi connectivity index (χ4v) is 3.69. The molecule has 0 amide bonds. The number of aryl methyl sites for hydroxylation is 2. The second-order valence-electron chi connectivity index (χ2n) is 5.29. The molecule has 0 aliphatic heterocycles. The summed E-state index contributed by atoms with van der Waals surface area (Å²) in [6.07, 6.45) is 4.25. The van der Waals surface area contributed by atoms with E-state index in [0.29, 0.717) is 4.90 Å². The number of sulfonamides is 1. The van der Waals surface area contributed by atoms with Crippen LogP contribution in [0.3, 0.4) is 0 Å². The van der Waals surface area contributed by atoms with Crippen molar-refractivity contribution in [1.82, 2.24) is 4.72 Å². The van der Waals surface area contributed by atoms with E-state index in [9.17, 15) is 8.42 Å². The number of hydrogen-bond acceptors (Lipinski definition) is 2. The lowest BCUT2D eigenvalue weighted by molar-refractivity contribution is 0.527. The highest BCUT2D eigenvalue weighted by Gasteiger charge is 2.19. The molecule has 108 valence electrons. The maximum atomic E-state index is 12.3. The lowest BCUT2D eigenvalue weighted by atomic mass is 10.1. The third-order valence-corrected chi connectivity index (χ3v) is 4.97. The highest BCUT2D eigenvalue weighted by atomic mass is 32.2. The quantitative estimate of drug-likeness (QED) is 0.778. The summed E-state index contributed by atoms with van der Waals surface area (Å²) in [4.78, 5) is 0.389. The molecule has 1 aromatic carbocycles. The summed E-state index contributed by atoms with van der Waals surface area (Å²) in [6, 6.07) is 5.41. The summed E-state index contributed by atoms with van der Waals surface area (Å²) in [5, 5.41) is 0. The van der Waals surface area contributed by atoms with Crippen molar-refractivity contribution in [1.29, 1.82) is 0 Å². The van der Waals surface area contributed by atoms with Gasteiger partial charge in [0.05, 0.1) is 4.90 Å². The van der Waals surface area contributed by atoms with E-state index in [0.717, 1.165) is 36.8 Å². The Hall–Kier alpha value is -0.870. The van der Waals surface area contributed by atoms with E-state index in [1.165, 1.54) is 0 Å². The SMILES string of the molecule is CCCCCC(C)NS(=O)(=O)c1ccc(C)cc1C. The van der Waals surface area contributed by atoms with E-state index < -0.39 is 10.0 Å². The number of unbranched alkanes of at least 4 members (excludes halogenated alkanes) is 2. The van der Waals surface area contributed by atoms with E-state index in [4.69, 9.17) is 0 Å². The van der Waals surface area contributed by atoms with Gasteiger partial charge >= 0.3 is 0 Å². The summed E-state index contributed by atoms with van der Waals surface area (Å²) in [7, 11) is -3.39. The van der Waals surface area contributed by atoms with Crippen molar-refractivity contribution in [3.05, 3.63) is 29.3 Å². The first-order valence-electron chi connectivity index (χ1n) is 6.96. The third-order valence-electron chi connectivity index (χ3n) is 3.22. The Bertz CT molecular complexity index is 509. The van der Waals surface area contributed by atoms with Gasteiger partial charge in [0.25, 0.3) is 0 Å². The first-order valence-corrected chi connectivity index (χ1v) is 8.44. The molecule has 0 aliphatic carbocycles. The zero-order valence-electron chi connectivity index (χ0n) is 12.4. The summed E-state index contributed by atoms with van der Waals surface area (Å²) in [6.45, 7) is 7.87. The monoisotopic (exact) mass is 283 g/mol. The molecule has 0 spiro atoms. The molecule has 0 radical (unpaired) electrons. The van der Waals surface area contributed by atoms with Crippen molar-refractivity contribution in [3.8, 4) is 0 Å². The Morgan fingerprint density at radius 3 is 2.47 bits per heavy atom. The van der Waals surface area contributed by atoms with Crippen LogP contribution in [-0.2, 0) is 10.0 Å². The van der Waals surface area contributed by atoms with Crippen LogP contribution >= 0.6 is 0 Å². The molecular formula is C15H25NO2S. The van der Waals surface area contributed by atoms with Gasteiger partial charge in [-0.2, -0.15) is 0 Å². The minimum Gasteiger partial charge on any atom is -0.208 e. The van der Waals surface area contributed by atoms with E-state index in [2.05, 4.69) is 11.6 Å². The van der Waals surface area contributed by atoms with Crippen molar-refractivity contribution >= 4 is 10.0 Å². The molecule has 0 saturated carbocycles. The van der Waals surface area contributed by atoms with Crippen LogP contribution in [0.15, 0.2) is 23.1 Å². The molecule has 0 heterocycles. The van der Waals surface area contributed by atoms with Crippen molar-refractivity contribution in [2.24, 2.45) is 0 Å². The molecule has 4 heteroatoms. The Kier molecular flexibility index (Phi) is 6.01. The number of benzene rings is 1. The molecular weight excluding hydrogens is 258 g/mol. The molecule has 1 rings (SSSR count). The predicted octanol–water partition coefficient (Wildman–Crippen LogP) is 3.55. The fourth-order valence-electron chi connectivity index (χ4n) is 2.19. The van der Waals surface area contributed by atoms with Crippen LogP contribution in [0.1, 0.15) is 50.7 Å². The Morgan fingerprint density at radius 1 is 1.21 bits per heavy atom. The largest absolute Gasteiger partial charge is 0.241 e. The van der Waals surface area contributed by atoms with Gasteiger partial charge < -0.3 is 0 Å². The van der Waals surface area contributed by atoms with Crippen molar-refractivity contribution in [2.75, 3.05) is 0 Å². The maximum absolute atomic E-state index is 12.3. The van der Waals surface area contributed by atoms with Crippen molar-refractivity contribution in [2.45, 2.75) is 64.3 Å². The standard InChI is InChI=1S/C15H25NO2S/c1-5-6-7-8-14(4)16-19(17,18)15-10-9-12(2)11-13(15)3/h9-11,14,16H,5-8H2,1-4H3. The highest BCUT2D eigenvalue weighted by molar-refractivity contribution is 7.89.